The van der Waals surface area contributed by atoms with Gasteiger partial charge in [0, 0.05) is 15.1 Å². The number of amides is 1. The largest absolute Gasteiger partial charge is 0.455 e. The third-order valence-electron chi connectivity index (χ3n) is 3.54. The van der Waals surface area contributed by atoms with Crippen LogP contribution in [-0.4, -0.2) is 24.2 Å². The predicted molar refractivity (Wildman–Crippen MR) is 105 cm³/mol. The van der Waals surface area contributed by atoms with Crippen LogP contribution < -0.4 is 5.32 Å². The Balaban J connectivity index is 1.80. The minimum Gasteiger partial charge on any atom is -0.455 e. The molecule has 4 nitrogen and oxygen atoms in total. The van der Waals surface area contributed by atoms with Crippen molar-refractivity contribution in [1.29, 1.82) is 0 Å². The van der Waals surface area contributed by atoms with Gasteiger partial charge in [-0.2, -0.15) is 0 Å². The minimum atomic E-state index is -0.413. The fraction of sp³-hybridized carbons (Fsp3) is 0.263. The first-order valence-electron chi connectivity index (χ1n) is 7.92. The predicted octanol–water partition coefficient (Wildman–Crippen LogP) is 4.59. The number of hydrogen-bond donors (Lipinski definition) is 1. The second kappa shape index (κ2) is 9.63. The number of carbonyl (C=O) groups is 2. The summed E-state index contributed by atoms with van der Waals surface area (Å²) in [6.07, 6.45) is 0.820. The second-order valence-electron chi connectivity index (χ2n) is 5.41. The van der Waals surface area contributed by atoms with Crippen molar-refractivity contribution in [2.45, 2.75) is 25.2 Å². The molecule has 0 saturated carbocycles. The van der Waals surface area contributed by atoms with E-state index in [0.717, 1.165) is 32.6 Å². The van der Waals surface area contributed by atoms with Crippen LogP contribution in [0, 0.1) is 6.92 Å². The van der Waals surface area contributed by atoms with Crippen LogP contribution >= 0.6 is 27.7 Å². The van der Waals surface area contributed by atoms with Gasteiger partial charge < -0.3 is 10.1 Å². The number of para-hydroxylation sites is 1. The Morgan fingerprint density at radius 2 is 1.88 bits per heavy atom. The van der Waals surface area contributed by atoms with Gasteiger partial charge in [-0.05, 0) is 48.7 Å². The topological polar surface area (TPSA) is 55.4 Å². The van der Waals surface area contributed by atoms with Crippen molar-refractivity contribution in [3.05, 3.63) is 58.1 Å². The molecular weight excluding hydrogens is 402 g/mol. The summed E-state index contributed by atoms with van der Waals surface area (Å²) in [5.41, 5.74) is 2.85. The zero-order chi connectivity index (χ0) is 18.2. The quantitative estimate of drug-likeness (QED) is 0.524. The van der Waals surface area contributed by atoms with Gasteiger partial charge in [-0.3, -0.25) is 9.59 Å². The highest BCUT2D eigenvalue weighted by molar-refractivity contribution is 9.10. The van der Waals surface area contributed by atoms with Crippen LogP contribution in [0.25, 0.3) is 0 Å². The van der Waals surface area contributed by atoms with Crippen LogP contribution in [0.4, 0.5) is 5.69 Å². The molecule has 1 amide bonds. The zero-order valence-electron chi connectivity index (χ0n) is 14.2. The summed E-state index contributed by atoms with van der Waals surface area (Å²) in [6.45, 7) is 3.69. The smallest absolute Gasteiger partial charge is 0.316 e. The molecule has 2 aromatic carbocycles. The average molecular weight is 422 g/mol. The molecule has 0 aliphatic carbocycles. The molecule has 0 aromatic heterocycles. The first kappa shape index (κ1) is 19.5. The second-order valence-corrected chi connectivity index (χ2v) is 7.38. The third kappa shape index (κ3) is 6.21. The Bertz CT molecular complexity index is 747. The molecule has 2 aromatic rings. The van der Waals surface area contributed by atoms with Crippen LogP contribution in [0.3, 0.4) is 0 Å². The van der Waals surface area contributed by atoms with Crippen LogP contribution in [0.5, 0.6) is 0 Å². The molecule has 25 heavy (non-hydrogen) atoms. The summed E-state index contributed by atoms with van der Waals surface area (Å²) < 4.78 is 6.04. The number of aryl methyl sites for hydroxylation is 2. The van der Waals surface area contributed by atoms with Crippen LogP contribution in [0.2, 0.25) is 0 Å². The zero-order valence-corrected chi connectivity index (χ0v) is 16.6. The van der Waals surface area contributed by atoms with Crippen molar-refractivity contribution in [3.8, 4) is 0 Å². The normalized spacial score (nSPS) is 10.4. The van der Waals surface area contributed by atoms with E-state index in [1.54, 1.807) is 0 Å². The molecule has 1 N–H and O–H groups in total. The van der Waals surface area contributed by atoms with Gasteiger partial charge in [-0.25, -0.2) is 0 Å². The number of esters is 1. The SMILES string of the molecule is CCc1cccc(C)c1NC(=O)COC(=O)CSc1ccc(Br)cc1. The Morgan fingerprint density at radius 3 is 2.56 bits per heavy atom. The number of carbonyl (C=O) groups excluding carboxylic acids is 2. The van der Waals surface area contributed by atoms with Crippen molar-refractivity contribution in [2.75, 3.05) is 17.7 Å². The highest BCUT2D eigenvalue weighted by atomic mass is 79.9. The third-order valence-corrected chi connectivity index (χ3v) is 5.05. The standard InChI is InChI=1S/C19H20BrNO3S/c1-3-14-6-4-5-13(2)19(14)21-17(22)11-24-18(23)12-25-16-9-7-15(20)8-10-16/h4-10H,3,11-12H2,1-2H3,(H,21,22). The summed E-state index contributed by atoms with van der Waals surface area (Å²) in [5.74, 6) is -0.575. The van der Waals surface area contributed by atoms with Crippen LogP contribution in [0.1, 0.15) is 18.1 Å². The lowest BCUT2D eigenvalue weighted by Crippen LogP contribution is -2.22. The lowest BCUT2D eigenvalue weighted by molar-refractivity contribution is -0.144. The van der Waals surface area contributed by atoms with E-state index < -0.39 is 5.97 Å². The van der Waals surface area contributed by atoms with Gasteiger partial charge >= 0.3 is 5.97 Å². The molecular formula is C19H20BrNO3S. The number of nitrogens with one attached hydrogen (secondary N) is 1. The van der Waals surface area contributed by atoms with E-state index in [1.807, 2.05) is 56.3 Å². The number of hydrogen-bond acceptors (Lipinski definition) is 4. The van der Waals surface area contributed by atoms with Gasteiger partial charge in [-0.15, -0.1) is 11.8 Å². The maximum absolute atomic E-state index is 12.0. The van der Waals surface area contributed by atoms with E-state index in [4.69, 9.17) is 4.74 Å². The molecule has 6 heteroatoms. The van der Waals surface area contributed by atoms with Crippen molar-refractivity contribution >= 4 is 45.3 Å². The van der Waals surface area contributed by atoms with Gasteiger partial charge in [0.2, 0.25) is 0 Å². The molecule has 0 saturated heterocycles. The molecule has 0 spiro atoms. The monoisotopic (exact) mass is 421 g/mol. The van der Waals surface area contributed by atoms with E-state index in [9.17, 15) is 9.59 Å². The number of thioether (sulfide) groups is 1. The molecule has 0 fully saturated rings. The molecule has 132 valence electrons. The van der Waals surface area contributed by atoms with Gasteiger partial charge in [-0.1, -0.05) is 41.1 Å². The molecule has 2 rings (SSSR count). The van der Waals surface area contributed by atoms with Crippen LogP contribution in [-0.2, 0) is 20.7 Å². The Labute approximate surface area is 160 Å². The number of anilines is 1. The first-order chi connectivity index (χ1) is 12.0. The van der Waals surface area contributed by atoms with Crippen molar-refractivity contribution in [2.24, 2.45) is 0 Å². The van der Waals surface area contributed by atoms with Crippen LogP contribution in [0.15, 0.2) is 51.8 Å². The maximum Gasteiger partial charge on any atom is 0.316 e. The maximum atomic E-state index is 12.0. The Hall–Kier alpha value is -1.79. The van der Waals surface area contributed by atoms with Crippen molar-refractivity contribution < 1.29 is 14.3 Å². The number of benzene rings is 2. The minimum absolute atomic E-state index is 0.166. The highest BCUT2D eigenvalue weighted by Gasteiger charge is 2.11. The van der Waals surface area contributed by atoms with Crippen molar-refractivity contribution in [3.63, 3.8) is 0 Å². The molecule has 0 radical (unpaired) electrons. The summed E-state index contributed by atoms with van der Waals surface area (Å²) >= 11 is 4.74. The Morgan fingerprint density at radius 1 is 1.16 bits per heavy atom. The average Bonchev–Trinajstić information content (AvgIpc) is 2.61. The van der Waals surface area contributed by atoms with E-state index in [0.29, 0.717) is 0 Å². The van der Waals surface area contributed by atoms with Gasteiger partial charge in [0.15, 0.2) is 6.61 Å². The Kier molecular flexibility index (Phi) is 7.52. The molecule has 0 aliphatic heterocycles. The molecule has 0 heterocycles. The van der Waals surface area contributed by atoms with E-state index in [2.05, 4.69) is 21.2 Å². The summed E-state index contributed by atoms with van der Waals surface area (Å²) in [4.78, 5) is 24.8. The van der Waals surface area contributed by atoms with Gasteiger partial charge in [0.25, 0.3) is 5.91 Å². The van der Waals surface area contributed by atoms with E-state index in [1.165, 1.54) is 11.8 Å². The lowest BCUT2D eigenvalue weighted by Gasteiger charge is -2.13. The van der Waals surface area contributed by atoms with Gasteiger partial charge in [0.05, 0.1) is 5.75 Å². The number of halogens is 1. The summed E-state index contributed by atoms with van der Waals surface area (Å²) in [6, 6.07) is 13.5. The summed E-state index contributed by atoms with van der Waals surface area (Å²) in [5, 5.41) is 2.84. The van der Waals surface area contributed by atoms with Gasteiger partial charge in [0.1, 0.15) is 0 Å². The van der Waals surface area contributed by atoms with E-state index >= 15 is 0 Å². The fourth-order valence-electron chi connectivity index (χ4n) is 2.24. The highest BCUT2D eigenvalue weighted by Crippen LogP contribution is 2.22. The number of ether oxygens (including phenoxy) is 1. The summed E-state index contributed by atoms with van der Waals surface area (Å²) in [7, 11) is 0. The number of rotatable bonds is 7. The first-order valence-corrected chi connectivity index (χ1v) is 9.69. The lowest BCUT2D eigenvalue weighted by atomic mass is 10.1. The van der Waals surface area contributed by atoms with E-state index in [-0.39, 0.29) is 18.3 Å². The van der Waals surface area contributed by atoms with Crippen molar-refractivity contribution in [1.82, 2.24) is 0 Å². The molecule has 0 unspecified atom stereocenters. The fourth-order valence-corrected chi connectivity index (χ4v) is 3.20. The molecule has 0 bridgehead atoms. The molecule has 0 atom stereocenters. The molecule has 0 aliphatic rings.